The van der Waals surface area contributed by atoms with Gasteiger partial charge in [0.15, 0.2) is 11.5 Å². The molecule has 0 amide bonds. The van der Waals surface area contributed by atoms with E-state index in [2.05, 4.69) is 43.3 Å². The van der Waals surface area contributed by atoms with Gasteiger partial charge in [0.05, 0.1) is 11.4 Å². The third-order valence-electron chi connectivity index (χ3n) is 3.65. The van der Waals surface area contributed by atoms with Gasteiger partial charge < -0.3 is 4.52 Å². The number of hydrogen-bond acceptors (Lipinski definition) is 5. The minimum Gasteiger partial charge on any atom is -0.332 e. The van der Waals surface area contributed by atoms with E-state index in [-0.39, 0.29) is 0 Å². The van der Waals surface area contributed by atoms with Gasteiger partial charge in [-0.3, -0.25) is 0 Å². The summed E-state index contributed by atoms with van der Waals surface area (Å²) < 4.78 is 8.07. The van der Waals surface area contributed by atoms with Crippen molar-refractivity contribution in [1.82, 2.24) is 25.1 Å². The summed E-state index contributed by atoms with van der Waals surface area (Å²) in [5.74, 6) is 1.15. The second kappa shape index (κ2) is 7.04. The molecule has 0 atom stereocenters. The topological polar surface area (TPSA) is 69.6 Å². The Labute approximate surface area is 143 Å². The molecule has 0 fully saturated rings. The van der Waals surface area contributed by atoms with Crippen molar-refractivity contribution in [2.24, 2.45) is 0 Å². The maximum absolute atomic E-state index is 5.35. The number of para-hydroxylation sites is 1. The molecule has 2 heterocycles. The number of benzene rings is 1. The van der Waals surface area contributed by atoms with E-state index < -0.39 is 0 Å². The Bertz CT molecular complexity index is 795. The van der Waals surface area contributed by atoms with Gasteiger partial charge in [-0.15, -0.1) is 5.10 Å². The Kier molecular flexibility index (Phi) is 4.85. The van der Waals surface area contributed by atoms with Crippen LogP contribution in [0.3, 0.4) is 0 Å². The smallest absolute Gasteiger partial charge is 0.280 e. The Balaban J connectivity index is 1.86. The van der Waals surface area contributed by atoms with Gasteiger partial charge in [-0.05, 0) is 41.4 Å². The molecule has 0 aliphatic rings. The van der Waals surface area contributed by atoms with E-state index >= 15 is 0 Å². The van der Waals surface area contributed by atoms with Crippen molar-refractivity contribution in [2.75, 3.05) is 0 Å². The van der Waals surface area contributed by atoms with Crippen molar-refractivity contribution in [3.63, 3.8) is 0 Å². The predicted molar refractivity (Wildman–Crippen MR) is 90.3 cm³/mol. The first-order valence-corrected chi connectivity index (χ1v) is 8.50. The van der Waals surface area contributed by atoms with Gasteiger partial charge >= 0.3 is 0 Å². The van der Waals surface area contributed by atoms with E-state index in [1.54, 1.807) is 4.68 Å². The molecule has 1 aromatic carbocycles. The van der Waals surface area contributed by atoms with Crippen LogP contribution in [0, 0.1) is 6.92 Å². The second-order valence-corrected chi connectivity index (χ2v) is 6.21. The van der Waals surface area contributed by atoms with E-state index in [9.17, 15) is 0 Å². The van der Waals surface area contributed by atoms with Gasteiger partial charge in [0, 0.05) is 10.9 Å². The van der Waals surface area contributed by atoms with Crippen LogP contribution in [-0.2, 0) is 6.42 Å². The summed E-state index contributed by atoms with van der Waals surface area (Å²) in [5.41, 5.74) is 2.40. The Morgan fingerprint density at radius 3 is 2.83 bits per heavy atom. The number of hydrogen-bond donors (Lipinski definition) is 0. The van der Waals surface area contributed by atoms with Crippen LogP contribution in [0.2, 0.25) is 0 Å². The van der Waals surface area contributed by atoms with Gasteiger partial charge in [0.25, 0.3) is 5.89 Å². The van der Waals surface area contributed by atoms with E-state index in [1.165, 1.54) is 12.8 Å². The number of aryl methyl sites for hydroxylation is 1. The molecule has 0 N–H and O–H groups in total. The maximum Gasteiger partial charge on any atom is 0.280 e. The Hall–Kier alpha value is -2.02. The zero-order valence-corrected chi connectivity index (χ0v) is 14.7. The van der Waals surface area contributed by atoms with Crippen LogP contribution in [0.1, 0.15) is 37.7 Å². The molecule has 0 aliphatic heterocycles. The van der Waals surface area contributed by atoms with Gasteiger partial charge in [0.2, 0.25) is 0 Å². The zero-order chi connectivity index (χ0) is 16.2. The molecule has 0 saturated heterocycles. The SMILES string of the molecule is CCCCCc1noc(-c2nnn(-c3ccccc3Br)c2C)n1. The lowest BCUT2D eigenvalue weighted by atomic mass is 10.2. The van der Waals surface area contributed by atoms with Crippen molar-refractivity contribution in [1.29, 1.82) is 0 Å². The zero-order valence-electron chi connectivity index (χ0n) is 13.2. The predicted octanol–water partition coefficient (Wildman–Crippen LogP) is 4.12. The maximum atomic E-state index is 5.35. The molecule has 23 heavy (non-hydrogen) atoms. The van der Waals surface area contributed by atoms with Crippen molar-refractivity contribution < 1.29 is 4.52 Å². The molecule has 6 nitrogen and oxygen atoms in total. The minimum absolute atomic E-state index is 0.423. The molecule has 0 unspecified atom stereocenters. The van der Waals surface area contributed by atoms with Gasteiger partial charge in [0.1, 0.15) is 0 Å². The number of unbranched alkanes of at least 4 members (excludes halogenated alkanes) is 2. The highest BCUT2D eigenvalue weighted by molar-refractivity contribution is 9.10. The van der Waals surface area contributed by atoms with Gasteiger partial charge in [-0.1, -0.05) is 42.3 Å². The average molecular weight is 376 g/mol. The molecule has 0 bridgehead atoms. The molecule has 7 heteroatoms. The summed E-state index contributed by atoms with van der Waals surface area (Å²) in [6.07, 6.45) is 4.23. The van der Waals surface area contributed by atoms with E-state index in [4.69, 9.17) is 4.52 Å². The third-order valence-corrected chi connectivity index (χ3v) is 4.32. The molecular formula is C16H18BrN5O. The molecule has 0 spiro atoms. The molecule has 0 saturated carbocycles. The van der Waals surface area contributed by atoms with Crippen LogP contribution < -0.4 is 0 Å². The summed E-state index contributed by atoms with van der Waals surface area (Å²) in [5, 5.41) is 12.5. The molecule has 120 valence electrons. The summed E-state index contributed by atoms with van der Waals surface area (Å²) in [6, 6.07) is 7.86. The number of halogens is 1. The number of nitrogens with zero attached hydrogens (tertiary/aromatic N) is 5. The fourth-order valence-electron chi connectivity index (χ4n) is 2.36. The second-order valence-electron chi connectivity index (χ2n) is 5.36. The standard InChI is InChI=1S/C16H18BrN5O/c1-3-4-5-10-14-18-16(23-20-14)15-11(2)22(21-19-15)13-9-7-6-8-12(13)17/h6-9H,3-5,10H2,1-2H3. The summed E-state index contributed by atoms with van der Waals surface area (Å²) in [4.78, 5) is 4.44. The Morgan fingerprint density at radius 2 is 2.04 bits per heavy atom. The lowest BCUT2D eigenvalue weighted by Gasteiger charge is -2.04. The molecule has 0 aliphatic carbocycles. The van der Waals surface area contributed by atoms with E-state index in [0.29, 0.717) is 11.6 Å². The highest BCUT2D eigenvalue weighted by Crippen LogP contribution is 2.25. The van der Waals surface area contributed by atoms with E-state index in [1.807, 2.05) is 31.2 Å². The van der Waals surface area contributed by atoms with Crippen molar-refractivity contribution in [2.45, 2.75) is 39.5 Å². The van der Waals surface area contributed by atoms with Crippen LogP contribution >= 0.6 is 15.9 Å². The molecule has 2 aromatic heterocycles. The first-order valence-electron chi connectivity index (χ1n) is 7.71. The first-order chi connectivity index (χ1) is 11.2. The van der Waals surface area contributed by atoms with Crippen molar-refractivity contribution in [3.8, 4) is 17.3 Å². The number of aromatic nitrogens is 5. The van der Waals surface area contributed by atoms with E-state index in [0.717, 1.165) is 34.5 Å². The highest BCUT2D eigenvalue weighted by Gasteiger charge is 2.18. The van der Waals surface area contributed by atoms with Crippen LogP contribution in [0.4, 0.5) is 0 Å². The lowest BCUT2D eigenvalue weighted by Crippen LogP contribution is -2.00. The van der Waals surface area contributed by atoms with Crippen molar-refractivity contribution in [3.05, 3.63) is 40.3 Å². The Morgan fingerprint density at radius 1 is 1.22 bits per heavy atom. The number of rotatable bonds is 6. The molecule has 0 radical (unpaired) electrons. The fraction of sp³-hybridized carbons (Fsp3) is 0.375. The summed E-state index contributed by atoms with van der Waals surface area (Å²) in [7, 11) is 0. The summed E-state index contributed by atoms with van der Waals surface area (Å²) >= 11 is 3.53. The van der Waals surface area contributed by atoms with Crippen molar-refractivity contribution >= 4 is 15.9 Å². The van der Waals surface area contributed by atoms with Gasteiger partial charge in [-0.25, -0.2) is 4.68 Å². The normalized spacial score (nSPS) is 11.1. The minimum atomic E-state index is 0.423. The first kappa shape index (κ1) is 15.9. The monoisotopic (exact) mass is 375 g/mol. The molecule has 3 aromatic rings. The molecule has 3 rings (SSSR count). The average Bonchev–Trinajstić information content (AvgIpc) is 3.15. The highest BCUT2D eigenvalue weighted by atomic mass is 79.9. The lowest BCUT2D eigenvalue weighted by molar-refractivity contribution is 0.419. The van der Waals surface area contributed by atoms with Gasteiger partial charge in [-0.2, -0.15) is 4.98 Å². The largest absolute Gasteiger partial charge is 0.332 e. The summed E-state index contributed by atoms with van der Waals surface area (Å²) in [6.45, 7) is 4.11. The fourth-order valence-corrected chi connectivity index (χ4v) is 2.82. The van der Waals surface area contributed by atoms with Crippen LogP contribution in [0.5, 0.6) is 0 Å². The van der Waals surface area contributed by atoms with Crippen LogP contribution in [-0.4, -0.2) is 25.1 Å². The quantitative estimate of drug-likeness (QED) is 0.606. The third kappa shape index (κ3) is 3.34. The molecular weight excluding hydrogens is 358 g/mol. The van der Waals surface area contributed by atoms with Crippen LogP contribution in [0.15, 0.2) is 33.3 Å². The van der Waals surface area contributed by atoms with Crippen LogP contribution in [0.25, 0.3) is 17.3 Å².